The van der Waals surface area contributed by atoms with Crippen molar-refractivity contribution in [2.24, 2.45) is 0 Å². The molecule has 9 nitrogen and oxygen atoms in total. The van der Waals surface area contributed by atoms with Gasteiger partial charge in [0.2, 0.25) is 5.78 Å². The van der Waals surface area contributed by atoms with Crippen LogP contribution in [0.5, 0.6) is 0 Å². The van der Waals surface area contributed by atoms with Crippen molar-refractivity contribution in [3.05, 3.63) is 82.4 Å². The van der Waals surface area contributed by atoms with Crippen LogP contribution in [0.25, 0.3) is 10.8 Å². The van der Waals surface area contributed by atoms with Gasteiger partial charge in [0.1, 0.15) is 0 Å². The summed E-state index contributed by atoms with van der Waals surface area (Å²) >= 11 is 6.23. The number of aliphatic carboxylic acids is 1. The molecule has 0 heterocycles. The van der Waals surface area contributed by atoms with Gasteiger partial charge in [0.15, 0.2) is 0 Å². The Kier molecular flexibility index (Phi) is 8.30. The number of carboxylic acids is 1. The van der Waals surface area contributed by atoms with Crippen molar-refractivity contribution in [3.63, 3.8) is 0 Å². The molecule has 35 heavy (non-hydrogen) atoms. The Labute approximate surface area is 206 Å². The van der Waals surface area contributed by atoms with Gasteiger partial charge in [0.05, 0.1) is 16.6 Å². The minimum Gasteiger partial charge on any atom is -0.479 e. The summed E-state index contributed by atoms with van der Waals surface area (Å²) in [5.41, 5.74) is 1.03. The molecule has 3 rings (SSSR count). The van der Waals surface area contributed by atoms with Crippen molar-refractivity contribution in [2.45, 2.75) is 18.7 Å². The summed E-state index contributed by atoms with van der Waals surface area (Å²) in [6.07, 6.45) is 0. The van der Waals surface area contributed by atoms with Gasteiger partial charge in [-0.3, -0.25) is 14.2 Å². The number of nitrogens with one attached hydrogen (secondary N) is 2. The van der Waals surface area contributed by atoms with E-state index in [2.05, 4.69) is 19.7 Å². The van der Waals surface area contributed by atoms with E-state index in [4.69, 9.17) is 11.6 Å². The van der Waals surface area contributed by atoms with E-state index in [0.29, 0.717) is 0 Å². The fourth-order valence-electron chi connectivity index (χ4n) is 3.59. The molecule has 0 saturated heterocycles. The van der Waals surface area contributed by atoms with Crippen LogP contribution in [0.3, 0.4) is 0 Å². The fourth-order valence-corrected chi connectivity index (χ4v) is 4.97. The topological polar surface area (TPSA) is 131 Å². The maximum atomic E-state index is 12.9. The highest BCUT2D eigenvalue weighted by Crippen LogP contribution is 2.50. The highest BCUT2D eigenvalue weighted by atomic mass is 35.5. The zero-order valence-corrected chi connectivity index (χ0v) is 20.8. The van der Waals surface area contributed by atoms with Crippen LogP contribution in [0.4, 0.5) is 0 Å². The molecule has 3 aromatic carbocycles. The number of amides is 2. The molecule has 0 radical (unpaired) electrons. The van der Waals surface area contributed by atoms with E-state index in [-0.39, 0.29) is 22.2 Å². The maximum Gasteiger partial charge on any atom is 0.363 e. The Balaban J connectivity index is 1.78. The molecule has 2 amide bonds. The number of halogens is 1. The molecule has 0 aliphatic heterocycles. The van der Waals surface area contributed by atoms with Gasteiger partial charge in [-0.2, -0.15) is 0 Å². The van der Waals surface area contributed by atoms with Crippen LogP contribution in [0.1, 0.15) is 39.2 Å². The molecule has 3 aromatic rings. The molecule has 0 aromatic heterocycles. The molecule has 0 unspecified atom stereocenters. The predicted octanol–water partition coefficient (Wildman–Crippen LogP) is 4.61. The van der Waals surface area contributed by atoms with E-state index in [1.54, 1.807) is 0 Å². The van der Waals surface area contributed by atoms with Crippen molar-refractivity contribution in [1.29, 1.82) is 0 Å². The first-order valence-corrected chi connectivity index (χ1v) is 12.4. The second-order valence-corrected chi connectivity index (χ2v) is 10.3. The summed E-state index contributed by atoms with van der Waals surface area (Å²) < 4.78 is 21.8. The molecular weight excluding hydrogens is 495 g/mol. The van der Waals surface area contributed by atoms with E-state index in [9.17, 15) is 24.1 Å². The number of carbonyl (C=O) groups excluding carboxylic acids is 2. The third-order valence-corrected chi connectivity index (χ3v) is 7.75. The summed E-state index contributed by atoms with van der Waals surface area (Å²) in [6, 6.07) is 17.3. The number of hydrogen-bond acceptors (Lipinski definition) is 6. The van der Waals surface area contributed by atoms with E-state index in [1.807, 2.05) is 49.4 Å². The minimum absolute atomic E-state index is 0.0956. The molecule has 0 saturated carbocycles. The van der Waals surface area contributed by atoms with Crippen molar-refractivity contribution >= 4 is 47.8 Å². The van der Waals surface area contributed by atoms with Crippen LogP contribution in [-0.2, 0) is 18.4 Å². The summed E-state index contributed by atoms with van der Waals surface area (Å²) in [6.45, 7) is 1.86. The predicted molar refractivity (Wildman–Crippen MR) is 132 cm³/mol. The molecular formula is C24H24ClN2O7P. The lowest BCUT2D eigenvalue weighted by Crippen LogP contribution is -2.41. The quantitative estimate of drug-likeness (QED) is 0.352. The highest BCUT2D eigenvalue weighted by molar-refractivity contribution is 7.55. The van der Waals surface area contributed by atoms with Crippen molar-refractivity contribution in [3.8, 4) is 0 Å². The zero-order chi connectivity index (χ0) is 25.8. The molecule has 0 bridgehead atoms. The molecule has 11 heteroatoms. The normalized spacial score (nSPS) is 13.1. The summed E-state index contributed by atoms with van der Waals surface area (Å²) in [5.74, 6) is -4.90. The van der Waals surface area contributed by atoms with Crippen LogP contribution in [0.15, 0.2) is 60.7 Å². The number of carboxylic acid groups (broad SMARTS) is 1. The Morgan fingerprint density at radius 2 is 1.60 bits per heavy atom. The second-order valence-electron chi connectivity index (χ2n) is 7.58. The van der Waals surface area contributed by atoms with Crippen molar-refractivity contribution in [1.82, 2.24) is 10.6 Å². The minimum atomic E-state index is -4.16. The average Bonchev–Trinajstić information content (AvgIpc) is 2.85. The van der Waals surface area contributed by atoms with Gasteiger partial charge < -0.3 is 24.8 Å². The first-order chi connectivity index (χ1) is 16.6. The molecule has 2 atom stereocenters. The number of fused-ring (bicyclic) bond motifs is 1. The monoisotopic (exact) mass is 518 g/mol. The Hall–Kier alpha value is -3.23. The number of rotatable bonds is 9. The first-order valence-electron chi connectivity index (χ1n) is 10.4. The number of hydrogen-bond donors (Lipinski definition) is 3. The highest BCUT2D eigenvalue weighted by Gasteiger charge is 2.41. The van der Waals surface area contributed by atoms with Gasteiger partial charge in [0, 0.05) is 19.8 Å². The van der Waals surface area contributed by atoms with Crippen LogP contribution >= 0.6 is 19.2 Å². The SMILES string of the molecule is COP(=O)(OC)[C@@H](NC(=O)c1ccc(C(=O)N[C@H](C)c2cccc3ccccc23)cc1Cl)C(=O)O. The fraction of sp³-hybridized carbons (Fsp3) is 0.208. The van der Waals surface area contributed by atoms with Crippen LogP contribution in [0.2, 0.25) is 5.02 Å². The molecule has 0 spiro atoms. The Morgan fingerprint density at radius 1 is 0.943 bits per heavy atom. The van der Waals surface area contributed by atoms with Crippen molar-refractivity contribution < 1.29 is 33.1 Å². The zero-order valence-electron chi connectivity index (χ0n) is 19.2. The van der Waals surface area contributed by atoms with Crippen LogP contribution in [0, 0.1) is 0 Å². The van der Waals surface area contributed by atoms with E-state index in [1.165, 1.54) is 18.2 Å². The number of benzene rings is 3. The lowest BCUT2D eigenvalue weighted by atomic mass is 9.99. The van der Waals surface area contributed by atoms with E-state index >= 15 is 0 Å². The Morgan fingerprint density at radius 3 is 2.23 bits per heavy atom. The average molecular weight is 519 g/mol. The van der Waals surface area contributed by atoms with Gasteiger partial charge in [-0.05, 0) is 41.5 Å². The van der Waals surface area contributed by atoms with Crippen LogP contribution < -0.4 is 10.6 Å². The maximum absolute atomic E-state index is 12.9. The standard InChI is InChI=1S/C24H24ClN2O7P/c1-14(17-10-6-8-15-7-4-5-9-18(15)17)26-21(28)16-11-12-19(20(25)13-16)22(29)27-23(24(30)31)35(32,33-2)34-3/h4-14,23H,1-3H3,(H,26,28)(H,27,29)(H,30,31)/t14-,23-/m1/s1. The van der Waals surface area contributed by atoms with Gasteiger partial charge in [-0.1, -0.05) is 54.1 Å². The summed E-state index contributed by atoms with van der Waals surface area (Å²) in [4.78, 5) is 37.0. The molecule has 0 aliphatic carbocycles. The lowest BCUT2D eigenvalue weighted by Gasteiger charge is -2.22. The van der Waals surface area contributed by atoms with Gasteiger partial charge in [0.25, 0.3) is 11.8 Å². The second kappa shape index (κ2) is 11.0. The number of carbonyl (C=O) groups is 3. The molecule has 184 valence electrons. The summed E-state index contributed by atoms with van der Waals surface area (Å²) in [7, 11) is -2.15. The molecule has 3 N–H and O–H groups in total. The van der Waals surface area contributed by atoms with E-state index in [0.717, 1.165) is 30.6 Å². The largest absolute Gasteiger partial charge is 0.479 e. The van der Waals surface area contributed by atoms with Crippen LogP contribution in [-0.4, -0.2) is 42.9 Å². The molecule has 0 fully saturated rings. The summed E-state index contributed by atoms with van der Waals surface area (Å²) in [5, 5.41) is 16.4. The lowest BCUT2D eigenvalue weighted by molar-refractivity contribution is -0.137. The third kappa shape index (κ3) is 5.71. The smallest absolute Gasteiger partial charge is 0.363 e. The molecule has 0 aliphatic rings. The van der Waals surface area contributed by atoms with E-state index < -0.39 is 31.2 Å². The first kappa shape index (κ1) is 26.4. The van der Waals surface area contributed by atoms with Gasteiger partial charge in [-0.25, -0.2) is 4.79 Å². The van der Waals surface area contributed by atoms with Crippen molar-refractivity contribution in [2.75, 3.05) is 14.2 Å². The van der Waals surface area contributed by atoms with Gasteiger partial charge >= 0.3 is 13.6 Å². The third-order valence-electron chi connectivity index (χ3n) is 5.44. The van der Waals surface area contributed by atoms with Gasteiger partial charge in [-0.15, -0.1) is 0 Å². The Bertz CT molecular complexity index is 1320.